The summed E-state index contributed by atoms with van der Waals surface area (Å²) in [7, 11) is 0. The van der Waals surface area contributed by atoms with Gasteiger partial charge in [-0.3, -0.25) is 4.79 Å². The van der Waals surface area contributed by atoms with Gasteiger partial charge >= 0.3 is 0 Å². The van der Waals surface area contributed by atoms with Crippen LogP contribution in [0.4, 0.5) is 5.82 Å². The van der Waals surface area contributed by atoms with E-state index in [1.165, 1.54) is 56.9 Å². The lowest BCUT2D eigenvalue weighted by Crippen LogP contribution is -2.65. The minimum Gasteiger partial charge on any atom is -0.356 e. The van der Waals surface area contributed by atoms with E-state index in [0.717, 1.165) is 49.2 Å². The number of carbonyl (C=O) groups is 1. The van der Waals surface area contributed by atoms with Crippen molar-refractivity contribution in [2.45, 2.75) is 97.1 Å². The second-order valence-corrected chi connectivity index (χ2v) is 10.5. The largest absolute Gasteiger partial charge is 0.356 e. The molecule has 0 unspecified atom stereocenters. The summed E-state index contributed by atoms with van der Waals surface area (Å²) in [6, 6.07) is 0.887. The summed E-state index contributed by atoms with van der Waals surface area (Å²) >= 11 is 0. The second kappa shape index (κ2) is 8.12. The SMILES string of the molecule is Cc1nc(C)c(C)c(N2C[C@H]3C[C@@H](C2)[C@H](CC2CCCCC2)N2C(=O)CCC[C@@H]32)n1. The molecule has 1 aliphatic carbocycles. The van der Waals surface area contributed by atoms with E-state index in [2.05, 4.69) is 28.6 Å². The van der Waals surface area contributed by atoms with Crippen LogP contribution in [0.15, 0.2) is 0 Å². The molecule has 0 aromatic carbocycles. The van der Waals surface area contributed by atoms with Crippen molar-refractivity contribution in [3.63, 3.8) is 0 Å². The summed E-state index contributed by atoms with van der Waals surface area (Å²) < 4.78 is 0. The molecule has 4 aliphatic rings. The predicted octanol–water partition coefficient (Wildman–Crippen LogP) is 4.58. The van der Waals surface area contributed by atoms with Crippen molar-refractivity contribution in [2.24, 2.45) is 17.8 Å². The number of aromatic nitrogens is 2. The molecule has 5 nitrogen and oxygen atoms in total. The van der Waals surface area contributed by atoms with E-state index in [0.29, 0.717) is 29.8 Å². The average Bonchev–Trinajstić information content (AvgIpc) is 2.74. The lowest BCUT2D eigenvalue weighted by Gasteiger charge is -2.57. The van der Waals surface area contributed by atoms with Gasteiger partial charge in [-0.05, 0) is 64.2 Å². The van der Waals surface area contributed by atoms with Crippen molar-refractivity contribution in [3.05, 3.63) is 17.1 Å². The number of aryl methyl sites for hydroxylation is 2. The van der Waals surface area contributed by atoms with Crippen molar-refractivity contribution < 1.29 is 4.79 Å². The summed E-state index contributed by atoms with van der Waals surface area (Å²) in [6.07, 6.45) is 12.5. The molecule has 4 fully saturated rings. The number of anilines is 1. The fourth-order valence-corrected chi connectivity index (χ4v) is 7.07. The number of amides is 1. The molecular formula is C25H38N4O. The number of hydrogen-bond acceptors (Lipinski definition) is 4. The van der Waals surface area contributed by atoms with Crippen LogP contribution in [-0.2, 0) is 4.79 Å². The summed E-state index contributed by atoms with van der Waals surface area (Å²) in [5.74, 6) is 4.44. The smallest absolute Gasteiger partial charge is 0.223 e. The third-order valence-corrected chi connectivity index (χ3v) is 8.57. The van der Waals surface area contributed by atoms with Crippen LogP contribution in [0.1, 0.15) is 81.3 Å². The van der Waals surface area contributed by atoms with Gasteiger partial charge in [-0.15, -0.1) is 0 Å². The summed E-state index contributed by atoms with van der Waals surface area (Å²) in [4.78, 5) is 27.5. The molecule has 4 heterocycles. The van der Waals surface area contributed by atoms with E-state index in [1.807, 2.05) is 6.92 Å². The number of rotatable bonds is 3. The van der Waals surface area contributed by atoms with E-state index in [-0.39, 0.29) is 0 Å². The van der Waals surface area contributed by atoms with Gasteiger partial charge in [0.15, 0.2) is 0 Å². The van der Waals surface area contributed by atoms with Crippen molar-refractivity contribution in [1.29, 1.82) is 0 Å². The molecule has 1 aromatic rings. The first-order chi connectivity index (χ1) is 14.5. The lowest BCUT2D eigenvalue weighted by atomic mass is 9.69. The van der Waals surface area contributed by atoms with Gasteiger partial charge in [0.2, 0.25) is 5.91 Å². The van der Waals surface area contributed by atoms with E-state index in [9.17, 15) is 4.79 Å². The van der Waals surface area contributed by atoms with E-state index in [4.69, 9.17) is 4.98 Å². The molecule has 164 valence electrons. The fourth-order valence-electron chi connectivity index (χ4n) is 7.07. The summed E-state index contributed by atoms with van der Waals surface area (Å²) in [5, 5.41) is 0. The lowest BCUT2D eigenvalue weighted by molar-refractivity contribution is -0.149. The molecular weight excluding hydrogens is 372 g/mol. The average molecular weight is 411 g/mol. The maximum atomic E-state index is 13.1. The number of hydrogen-bond donors (Lipinski definition) is 0. The zero-order valence-corrected chi connectivity index (χ0v) is 19.1. The fraction of sp³-hybridized carbons (Fsp3) is 0.800. The first-order valence-corrected chi connectivity index (χ1v) is 12.4. The highest BCUT2D eigenvalue weighted by atomic mass is 16.2. The Morgan fingerprint density at radius 2 is 1.70 bits per heavy atom. The zero-order chi connectivity index (χ0) is 20.8. The highest BCUT2D eigenvalue weighted by Crippen LogP contribution is 2.45. The van der Waals surface area contributed by atoms with Gasteiger partial charge in [-0.1, -0.05) is 32.1 Å². The minimum absolute atomic E-state index is 0.439. The standard InChI is InChI=1S/C25H38N4O/c1-16-17(2)26-18(3)27-25(16)28-14-20-13-21(15-28)23(12-19-8-5-4-6-9-19)29-22(20)10-7-11-24(29)30/h19-23H,4-15H2,1-3H3/t20-,21+,22+,23+/m1/s1. The van der Waals surface area contributed by atoms with Crippen LogP contribution < -0.4 is 4.90 Å². The Hall–Kier alpha value is -1.65. The van der Waals surface area contributed by atoms with Gasteiger partial charge in [-0.25, -0.2) is 9.97 Å². The van der Waals surface area contributed by atoms with E-state index in [1.54, 1.807) is 0 Å². The molecule has 0 radical (unpaired) electrons. The molecule has 1 aromatic heterocycles. The van der Waals surface area contributed by atoms with E-state index >= 15 is 0 Å². The molecule has 3 aliphatic heterocycles. The molecule has 5 heteroatoms. The third-order valence-electron chi connectivity index (χ3n) is 8.57. The molecule has 0 N–H and O–H groups in total. The topological polar surface area (TPSA) is 49.3 Å². The molecule has 2 bridgehead atoms. The Morgan fingerprint density at radius 1 is 0.933 bits per heavy atom. The van der Waals surface area contributed by atoms with Crippen LogP contribution in [0.25, 0.3) is 0 Å². The van der Waals surface area contributed by atoms with Crippen molar-refractivity contribution in [1.82, 2.24) is 14.9 Å². The van der Waals surface area contributed by atoms with Crippen LogP contribution in [0.5, 0.6) is 0 Å². The molecule has 4 atom stereocenters. The normalized spacial score (nSPS) is 32.3. The first kappa shape index (κ1) is 20.3. The van der Waals surface area contributed by atoms with Gasteiger partial charge < -0.3 is 9.80 Å². The minimum atomic E-state index is 0.439. The molecule has 3 saturated heterocycles. The van der Waals surface area contributed by atoms with Crippen LogP contribution in [-0.4, -0.2) is 45.9 Å². The number of piperidine rings is 3. The highest BCUT2D eigenvalue weighted by Gasteiger charge is 2.50. The third kappa shape index (κ3) is 3.62. The van der Waals surface area contributed by atoms with Crippen molar-refractivity contribution in [2.75, 3.05) is 18.0 Å². The maximum Gasteiger partial charge on any atom is 0.223 e. The van der Waals surface area contributed by atoms with Crippen LogP contribution in [0.2, 0.25) is 0 Å². The summed E-state index contributed by atoms with van der Waals surface area (Å²) in [5.41, 5.74) is 2.32. The zero-order valence-electron chi connectivity index (χ0n) is 19.1. The molecule has 30 heavy (non-hydrogen) atoms. The first-order valence-electron chi connectivity index (χ1n) is 12.4. The molecule has 0 spiro atoms. The van der Waals surface area contributed by atoms with Crippen LogP contribution >= 0.6 is 0 Å². The van der Waals surface area contributed by atoms with Crippen molar-refractivity contribution >= 4 is 11.7 Å². The number of nitrogens with zero attached hydrogens (tertiary/aromatic N) is 4. The Morgan fingerprint density at radius 3 is 2.50 bits per heavy atom. The Balaban J connectivity index is 1.45. The molecule has 1 amide bonds. The number of carbonyl (C=O) groups excluding carboxylic acids is 1. The monoisotopic (exact) mass is 410 g/mol. The Bertz CT molecular complexity index is 803. The highest BCUT2D eigenvalue weighted by molar-refractivity contribution is 5.78. The van der Waals surface area contributed by atoms with Gasteiger partial charge in [0.1, 0.15) is 11.6 Å². The van der Waals surface area contributed by atoms with Gasteiger partial charge in [0, 0.05) is 42.9 Å². The van der Waals surface area contributed by atoms with Gasteiger partial charge in [0.25, 0.3) is 0 Å². The quantitative estimate of drug-likeness (QED) is 0.732. The van der Waals surface area contributed by atoms with E-state index < -0.39 is 0 Å². The Kier molecular flexibility index (Phi) is 5.49. The van der Waals surface area contributed by atoms with Gasteiger partial charge in [0.05, 0.1) is 0 Å². The van der Waals surface area contributed by atoms with Crippen molar-refractivity contribution in [3.8, 4) is 0 Å². The van der Waals surface area contributed by atoms with Crippen LogP contribution in [0.3, 0.4) is 0 Å². The number of fused-ring (bicyclic) bond motifs is 4. The predicted molar refractivity (Wildman–Crippen MR) is 120 cm³/mol. The second-order valence-electron chi connectivity index (χ2n) is 10.5. The van der Waals surface area contributed by atoms with Gasteiger partial charge in [-0.2, -0.15) is 0 Å². The maximum absolute atomic E-state index is 13.1. The Labute approximate surface area is 181 Å². The molecule has 5 rings (SSSR count). The summed E-state index contributed by atoms with van der Waals surface area (Å²) in [6.45, 7) is 8.36. The van der Waals surface area contributed by atoms with Crippen LogP contribution in [0, 0.1) is 38.5 Å². The molecule has 1 saturated carbocycles.